The third-order valence-corrected chi connectivity index (χ3v) is 24.3. The van der Waals surface area contributed by atoms with Crippen LogP contribution in [0.3, 0.4) is 0 Å². The van der Waals surface area contributed by atoms with Crippen LogP contribution in [-0.2, 0) is 90.8 Å². The van der Waals surface area contributed by atoms with Gasteiger partial charge in [-0.3, -0.25) is 9.36 Å². The molecule has 0 saturated heterocycles. The Labute approximate surface area is 807 Å². The van der Waals surface area contributed by atoms with Crippen LogP contribution >= 0.6 is 0 Å². The summed E-state index contributed by atoms with van der Waals surface area (Å²) in [7, 11) is 0. The predicted octanol–water partition coefficient (Wildman–Crippen LogP) is 30.5. The van der Waals surface area contributed by atoms with Crippen molar-refractivity contribution < 1.29 is 0 Å². The minimum atomic E-state index is 0.729. The van der Waals surface area contributed by atoms with Crippen molar-refractivity contribution in [3.63, 3.8) is 0 Å². The molecular formula is C110H213N21. The number of nitrogens with zero attached hydrogens (tertiary/aromatic N) is 21. The Morgan fingerprint density at radius 2 is 0.351 bits per heavy atom. The standard InChI is InChI=1S/C17H33N3.5C16H31N3.C13H25N3/c1-15(2)10-7-5-6-8-13-20-17(14-18-19-20)12-9-11-16(3)4;1-14(2)9-5-6-11-16-13-17-18-19(16)12-8-7-10-15(3)4;1-14(2)9-6-5-7-12-19-13-16(17-18-19)11-8-10-15(3)4;2*1-14(2)9-6-5-7-12-19-16(13-17-18-19)11-8-10-15(3)4;1-14(2)9-6-5-7-11-16-13-19(18-17-16)12-8-10-15(3)4;1-11(2)6-5-7-13-10-14-15-16(13)9-8-12(3)4/h14-16H,5-13H2,1-4H3;5*13-15H,5-12H2,1-4H3;10-12H,5-9H2,1-4H3. The highest BCUT2D eigenvalue weighted by atomic mass is 15.5. The second kappa shape index (κ2) is 80.1. The van der Waals surface area contributed by atoms with Crippen LogP contribution in [0.5, 0.6) is 0 Å². The number of hydrogen-bond acceptors (Lipinski definition) is 14. The molecule has 0 aliphatic rings. The lowest BCUT2D eigenvalue weighted by Gasteiger charge is -2.08. The van der Waals surface area contributed by atoms with Crippen molar-refractivity contribution in [3.8, 4) is 0 Å². The van der Waals surface area contributed by atoms with E-state index in [1.54, 1.807) is 0 Å². The molecule has 7 aromatic heterocycles. The third-order valence-electron chi connectivity index (χ3n) is 24.3. The largest absolute Gasteiger partial charge is 0.252 e. The zero-order valence-corrected chi connectivity index (χ0v) is 91.2. The van der Waals surface area contributed by atoms with E-state index in [1.807, 2.05) is 40.3 Å². The van der Waals surface area contributed by atoms with E-state index in [2.05, 4.69) is 302 Å². The summed E-state index contributed by atoms with van der Waals surface area (Å²) < 4.78 is 14.5. The molecule has 0 N–H and O–H groups in total. The molecule has 0 fully saturated rings. The average molecular weight is 1830 g/mol. The first-order valence-electron chi connectivity index (χ1n) is 54.8. The van der Waals surface area contributed by atoms with Crippen molar-refractivity contribution in [2.24, 2.45) is 82.9 Å². The number of hydrogen-bond donors (Lipinski definition) is 0. The highest BCUT2D eigenvalue weighted by Gasteiger charge is 2.13. The highest BCUT2D eigenvalue weighted by molar-refractivity contribution is 4.98. The fourth-order valence-electron chi connectivity index (χ4n) is 15.8. The molecule has 0 aliphatic heterocycles. The zero-order valence-electron chi connectivity index (χ0n) is 91.2. The van der Waals surface area contributed by atoms with Gasteiger partial charge in [-0.15, -0.1) is 35.7 Å². The molecule has 7 aromatic rings. The molecule has 0 aliphatic carbocycles. The minimum Gasteiger partial charge on any atom is -0.252 e. The van der Waals surface area contributed by atoms with Gasteiger partial charge in [-0.2, -0.15) is 0 Å². The van der Waals surface area contributed by atoms with E-state index >= 15 is 0 Å². The van der Waals surface area contributed by atoms with Crippen molar-refractivity contribution >= 4 is 0 Å². The lowest BCUT2D eigenvalue weighted by Crippen LogP contribution is -2.07. The summed E-state index contributed by atoms with van der Waals surface area (Å²) in [6, 6.07) is 0. The van der Waals surface area contributed by atoms with E-state index in [0.29, 0.717) is 0 Å². The minimum absolute atomic E-state index is 0.729. The quantitative estimate of drug-likeness (QED) is 0.0324. The Bertz CT molecular complexity index is 3400. The molecule has 21 heteroatoms. The Morgan fingerprint density at radius 3 is 0.641 bits per heavy atom. The number of rotatable bonds is 68. The summed E-state index contributed by atoms with van der Waals surface area (Å²) >= 11 is 0. The first kappa shape index (κ1) is 123. The van der Waals surface area contributed by atoms with Gasteiger partial charge in [0.2, 0.25) is 0 Å². The molecule has 0 atom stereocenters. The second-order valence-electron chi connectivity index (χ2n) is 44.7. The molecule has 758 valence electrons. The van der Waals surface area contributed by atoms with Gasteiger partial charge in [0.15, 0.2) is 0 Å². The molecule has 0 radical (unpaired) electrons. The number of aryl methyl sites for hydroxylation is 14. The van der Waals surface area contributed by atoms with Crippen molar-refractivity contribution in [3.05, 3.63) is 83.2 Å². The average Bonchev–Trinajstić information content (AvgIpc) is 1.70. The van der Waals surface area contributed by atoms with Crippen molar-refractivity contribution in [1.29, 1.82) is 0 Å². The van der Waals surface area contributed by atoms with Crippen LogP contribution < -0.4 is 0 Å². The molecule has 0 unspecified atom stereocenters. The topological polar surface area (TPSA) is 215 Å². The Morgan fingerprint density at radius 1 is 0.168 bits per heavy atom. The molecule has 0 spiro atoms. The van der Waals surface area contributed by atoms with Gasteiger partial charge in [0.05, 0.1) is 70.8 Å². The molecule has 0 aromatic carbocycles. The van der Waals surface area contributed by atoms with Gasteiger partial charge in [0.1, 0.15) is 0 Å². The van der Waals surface area contributed by atoms with Gasteiger partial charge in [-0.05, 0) is 224 Å². The first-order chi connectivity index (χ1) is 62.6. The van der Waals surface area contributed by atoms with Crippen LogP contribution in [0.15, 0.2) is 43.4 Å². The molecule has 21 nitrogen and oxygen atoms in total. The lowest BCUT2D eigenvalue weighted by atomic mass is 10.0. The molecular weight excluding hydrogens is 1620 g/mol. The fraction of sp³-hybridized carbons (Fsp3) is 0.873. The van der Waals surface area contributed by atoms with Crippen LogP contribution in [0.2, 0.25) is 0 Å². The Balaban J connectivity index is 0.000000765. The monoisotopic (exact) mass is 1830 g/mol. The van der Waals surface area contributed by atoms with Crippen LogP contribution in [0.4, 0.5) is 0 Å². The van der Waals surface area contributed by atoms with E-state index in [0.717, 1.165) is 185 Å². The maximum atomic E-state index is 4.26. The van der Waals surface area contributed by atoms with Crippen LogP contribution in [0, 0.1) is 82.9 Å². The van der Waals surface area contributed by atoms with E-state index in [1.165, 1.54) is 285 Å². The smallest absolute Gasteiger partial charge is 0.0827 e. The second-order valence-corrected chi connectivity index (χ2v) is 44.7. The highest BCUT2D eigenvalue weighted by Crippen LogP contribution is 2.21. The lowest BCUT2D eigenvalue weighted by molar-refractivity contribution is 0.460. The third kappa shape index (κ3) is 73.9. The van der Waals surface area contributed by atoms with Crippen LogP contribution in [-0.4, -0.2) is 105 Å². The summed E-state index contributed by atoms with van der Waals surface area (Å²) in [4.78, 5) is 0. The molecule has 0 bridgehead atoms. The normalized spacial score (nSPS) is 11.7. The zero-order chi connectivity index (χ0) is 97.2. The van der Waals surface area contributed by atoms with Gasteiger partial charge in [0.25, 0.3) is 0 Å². The molecule has 7 heterocycles. The van der Waals surface area contributed by atoms with Crippen molar-refractivity contribution in [2.75, 3.05) is 0 Å². The maximum Gasteiger partial charge on any atom is 0.0827 e. The predicted molar refractivity (Wildman–Crippen MR) is 558 cm³/mol. The van der Waals surface area contributed by atoms with Gasteiger partial charge >= 0.3 is 0 Å². The van der Waals surface area contributed by atoms with E-state index in [9.17, 15) is 0 Å². The van der Waals surface area contributed by atoms with Crippen LogP contribution in [0.1, 0.15) is 491 Å². The summed E-state index contributed by atoms with van der Waals surface area (Å²) in [5.74, 6) is 11.3. The van der Waals surface area contributed by atoms with Gasteiger partial charge in [0, 0.05) is 58.2 Å². The summed E-state index contributed by atoms with van der Waals surface area (Å²) in [6.45, 7) is 71.1. The van der Waals surface area contributed by atoms with Crippen molar-refractivity contribution in [2.45, 2.75) is 541 Å². The first-order valence-corrected chi connectivity index (χ1v) is 54.8. The van der Waals surface area contributed by atoms with Gasteiger partial charge in [-0.1, -0.05) is 391 Å². The number of unbranched alkanes of at least 4 members (excludes halogenated alkanes) is 13. The fourth-order valence-corrected chi connectivity index (χ4v) is 15.8. The molecule has 7 rings (SSSR count). The summed E-state index contributed by atoms with van der Waals surface area (Å²) in [5, 5.41) is 58.2. The van der Waals surface area contributed by atoms with Crippen molar-refractivity contribution in [1.82, 2.24) is 105 Å². The Hall–Kier alpha value is -6.02. The summed E-state index contributed by atoms with van der Waals surface area (Å²) in [5.41, 5.74) is 8.85. The maximum absolute atomic E-state index is 4.26. The molecule has 0 saturated carbocycles. The Kier molecular flexibility index (Phi) is 75.2. The number of aromatic nitrogens is 21. The molecule has 0 amide bonds. The van der Waals surface area contributed by atoms with Crippen LogP contribution in [0.25, 0.3) is 0 Å². The van der Waals surface area contributed by atoms with Gasteiger partial charge in [-0.25, -0.2) is 23.4 Å². The SMILES string of the molecule is CC(C)CCCCCCn1nncc1CCCC(C)C.CC(C)CCCCCc1cn(CCCC(C)C)nn1.CC(C)CCCCCn1cc(CCCC(C)C)nn1.CC(C)CCCCCn1nncc1CCCC(C)C.CC(C)CCCCCn1nncc1CCCC(C)C.CC(C)CCCCc1cnnn1CCCCC(C)C.CC(C)CCCc1cnnn1CCC(C)C. The van der Waals surface area contributed by atoms with Gasteiger partial charge < -0.3 is 0 Å². The summed E-state index contributed by atoms with van der Waals surface area (Å²) in [6.07, 6.45) is 73.3. The van der Waals surface area contributed by atoms with E-state index in [-0.39, 0.29) is 0 Å². The van der Waals surface area contributed by atoms with E-state index in [4.69, 9.17) is 0 Å². The van der Waals surface area contributed by atoms with E-state index < -0.39 is 0 Å². The molecule has 131 heavy (non-hydrogen) atoms.